The number of benzene rings is 1. The minimum Gasteiger partial charge on any atom is -0.460 e. The van der Waals surface area contributed by atoms with Crippen LogP contribution in [-0.2, 0) is 59.0 Å². The molecule has 1 saturated carbocycles. The highest BCUT2D eigenvalue weighted by Crippen LogP contribution is 2.59. The van der Waals surface area contributed by atoms with E-state index in [4.69, 9.17) is 33.3 Å². The Morgan fingerprint density at radius 3 is 2.36 bits per heavy atom. The minimum atomic E-state index is -1.59. The van der Waals surface area contributed by atoms with Crippen LogP contribution in [0.1, 0.15) is 129 Å². The maximum atomic E-state index is 15.7. The van der Waals surface area contributed by atoms with Gasteiger partial charge >= 0.3 is 11.9 Å². The van der Waals surface area contributed by atoms with Crippen LogP contribution in [0.5, 0.6) is 0 Å². The second-order valence-electron chi connectivity index (χ2n) is 20.5. The highest BCUT2D eigenvalue weighted by atomic mass is 16.8. The third-order valence-corrected chi connectivity index (χ3v) is 14.4. The molecule has 6 fully saturated rings. The molecule has 6 aliphatic rings. The monoisotopic (exact) mass is 974 g/mol. The summed E-state index contributed by atoms with van der Waals surface area (Å²) >= 11 is 0. The molecule has 5 aliphatic heterocycles. The zero-order valence-electron chi connectivity index (χ0n) is 40.7. The predicted molar refractivity (Wildman–Crippen MR) is 246 cm³/mol. The molecule has 5 heterocycles. The summed E-state index contributed by atoms with van der Waals surface area (Å²) in [6.07, 6.45) is 0.881. The molecule has 2 amide bonds. The fourth-order valence-corrected chi connectivity index (χ4v) is 11.0. The third-order valence-electron chi connectivity index (χ3n) is 14.4. The van der Waals surface area contributed by atoms with Gasteiger partial charge in [0.25, 0.3) is 0 Å². The van der Waals surface area contributed by atoms with Crippen molar-refractivity contribution in [1.29, 1.82) is 0 Å². The van der Waals surface area contributed by atoms with Gasteiger partial charge in [-0.3, -0.25) is 24.0 Å². The van der Waals surface area contributed by atoms with Crippen molar-refractivity contribution >= 4 is 29.8 Å². The number of ether oxygens (including phenoxy) is 6. The van der Waals surface area contributed by atoms with Gasteiger partial charge in [-0.2, -0.15) is 5.06 Å². The van der Waals surface area contributed by atoms with E-state index in [0.29, 0.717) is 36.8 Å². The average Bonchev–Trinajstić information content (AvgIpc) is 4.05. The molecule has 1 aromatic rings. The largest absolute Gasteiger partial charge is 0.460 e. The average molecular weight is 974 g/mol. The smallest absolute Gasteiger partial charge is 0.327 e. The van der Waals surface area contributed by atoms with Crippen molar-refractivity contribution < 1.29 is 78.0 Å². The minimum absolute atomic E-state index is 0.0280. The Labute approximate surface area is 404 Å². The maximum Gasteiger partial charge on any atom is 0.327 e. The molecule has 19 heteroatoms. The van der Waals surface area contributed by atoms with E-state index in [1.807, 2.05) is 24.3 Å². The molecule has 1 aromatic carbocycles. The number of rotatable bonds is 22. The maximum absolute atomic E-state index is 15.7. The van der Waals surface area contributed by atoms with Crippen molar-refractivity contribution in [3.8, 4) is 0 Å². The third kappa shape index (κ3) is 11.5. The van der Waals surface area contributed by atoms with Crippen molar-refractivity contribution in [2.24, 2.45) is 5.41 Å². The van der Waals surface area contributed by atoms with E-state index in [-0.39, 0.29) is 39.0 Å². The second kappa shape index (κ2) is 22.9. The van der Waals surface area contributed by atoms with Crippen LogP contribution < -0.4 is 5.32 Å². The molecule has 5 saturated heterocycles. The SMILES string of the molecule is CCCCCC1(CCCCC)OC2C3CC4(C(=O)N5CCCC5C(=O)NC(CO)CCC(=O)OC(C)(C)C)C(ON(Cc5ccccc5C=CCOC5OC(CO)C(O)C(O)C5O)C4C(=O)O3)C2O1. The first kappa shape index (κ1) is 53.2. The predicted octanol–water partition coefficient (Wildman–Crippen LogP) is 2.55. The molecule has 0 spiro atoms. The lowest BCUT2D eigenvalue weighted by Gasteiger charge is -2.50. The number of fused-ring (bicyclic) bond motifs is 4. The van der Waals surface area contributed by atoms with Crippen molar-refractivity contribution in [2.45, 2.75) is 209 Å². The molecule has 0 radical (unpaired) electrons. The van der Waals surface area contributed by atoms with E-state index in [1.165, 1.54) is 9.96 Å². The number of amides is 2. The van der Waals surface area contributed by atoms with Crippen molar-refractivity contribution in [3.63, 3.8) is 0 Å². The molecule has 69 heavy (non-hydrogen) atoms. The molecule has 19 nitrogen and oxygen atoms in total. The van der Waals surface area contributed by atoms with E-state index in [0.717, 1.165) is 38.5 Å². The molecular weight excluding hydrogens is 899 g/mol. The summed E-state index contributed by atoms with van der Waals surface area (Å²) < 4.78 is 36.9. The lowest BCUT2D eigenvalue weighted by Crippen LogP contribution is -2.70. The molecule has 6 N–H and O–H groups in total. The number of carbonyl (C=O) groups is 4. The molecule has 13 unspecified atom stereocenters. The fraction of sp³-hybridized carbons (Fsp3) is 0.760. The lowest BCUT2D eigenvalue weighted by molar-refractivity contribution is -0.298. The van der Waals surface area contributed by atoms with Gasteiger partial charge in [-0.25, -0.2) is 0 Å². The van der Waals surface area contributed by atoms with Crippen molar-refractivity contribution in [2.75, 3.05) is 26.4 Å². The van der Waals surface area contributed by atoms with Crippen LogP contribution in [0.25, 0.3) is 6.08 Å². The highest BCUT2D eigenvalue weighted by molar-refractivity contribution is 5.96. The fourth-order valence-electron chi connectivity index (χ4n) is 11.0. The number of esters is 2. The van der Waals surface area contributed by atoms with Crippen LogP contribution in [0.4, 0.5) is 0 Å². The van der Waals surface area contributed by atoms with Gasteiger partial charge < -0.3 is 64.2 Å². The first-order valence-electron chi connectivity index (χ1n) is 25.1. The molecule has 0 aromatic heterocycles. The summed E-state index contributed by atoms with van der Waals surface area (Å²) in [6, 6.07) is 4.45. The number of nitrogens with zero attached hydrogens (tertiary/aromatic N) is 2. The summed E-state index contributed by atoms with van der Waals surface area (Å²) in [4.78, 5) is 65.5. The zero-order valence-corrected chi connectivity index (χ0v) is 40.7. The summed E-state index contributed by atoms with van der Waals surface area (Å²) in [6.45, 7) is 8.70. The van der Waals surface area contributed by atoms with E-state index in [1.54, 1.807) is 32.9 Å². The molecule has 386 valence electrons. The van der Waals surface area contributed by atoms with E-state index < -0.39 is 127 Å². The number of aliphatic hydroxyl groups excluding tert-OH is 5. The van der Waals surface area contributed by atoms with Gasteiger partial charge in [0.05, 0.1) is 32.4 Å². The van der Waals surface area contributed by atoms with Crippen LogP contribution in [-0.4, -0.2) is 170 Å². The van der Waals surface area contributed by atoms with Gasteiger partial charge in [-0.1, -0.05) is 75.9 Å². The summed E-state index contributed by atoms with van der Waals surface area (Å²) in [5.74, 6) is -2.99. The van der Waals surface area contributed by atoms with Gasteiger partial charge in [-0.15, -0.1) is 0 Å². The van der Waals surface area contributed by atoms with Crippen LogP contribution in [0.3, 0.4) is 0 Å². The highest BCUT2D eigenvalue weighted by Gasteiger charge is 2.77. The molecule has 1 aliphatic carbocycles. The van der Waals surface area contributed by atoms with Gasteiger partial charge in [0.2, 0.25) is 11.8 Å². The van der Waals surface area contributed by atoms with Crippen molar-refractivity contribution in [1.82, 2.24) is 15.3 Å². The Morgan fingerprint density at radius 2 is 1.68 bits per heavy atom. The Bertz CT molecular complexity index is 1950. The number of unbranched alkanes of at least 4 members (excludes halogenated alkanes) is 4. The van der Waals surface area contributed by atoms with E-state index >= 15 is 4.79 Å². The van der Waals surface area contributed by atoms with Crippen LogP contribution in [0.2, 0.25) is 0 Å². The molecule has 7 rings (SSSR count). The Kier molecular flexibility index (Phi) is 17.6. The van der Waals surface area contributed by atoms with Gasteiger partial charge in [0.1, 0.15) is 65.9 Å². The Hall–Kier alpha value is -3.60. The summed E-state index contributed by atoms with van der Waals surface area (Å²) in [7, 11) is 0. The molecule has 13 atom stereocenters. The quantitative estimate of drug-likeness (QED) is 0.0722. The second-order valence-corrected chi connectivity index (χ2v) is 20.5. The van der Waals surface area contributed by atoms with Gasteiger partial charge in [0, 0.05) is 32.2 Å². The van der Waals surface area contributed by atoms with E-state index in [9.17, 15) is 39.9 Å². The lowest BCUT2D eigenvalue weighted by atomic mass is 9.62. The van der Waals surface area contributed by atoms with Gasteiger partial charge in [0.15, 0.2) is 18.1 Å². The van der Waals surface area contributed by atoms with Crippen molar-refractivity contribution in [3.05, 3.63) is 41.5 Å². The van der Waals surface area contributed by atoms with Crippen LogP contribution >= 0.6 is 0 Å². The van der Waals surface area contributed by atoms with E-state index in [2.05, 4.69) is 19.2 Å². The number of hydrogen-bond donors (Lipinski definition) is 6. The van der Waals surface area contributed by atoms with Gasteiger partial charge in [-0.05, 0) is 64.0 Å². The summed E-state index contributed by atoms with van der Waals surface area (Å²) in [5, 5.41) is 55.1. The molecular formula is C50H75N3O16. The normalized spacial score (nSPS) is 33.3. The molecule has 2 bridgehead atoms. The summed E-state index contributed by atoms with van der Waals surface area (Å²) in [5.41, 5.74) is -0.818. The Balaban J connectivity index is 1.16. The number of nitrogens with one attached hydrogen (secondary N) is 1. The zero-order chi connectivity index (χ0) is 49.7. The number of carbonyl (C=O) groups excluding carboxylic acids is 4. The van der Waals surface area contributed by atoms with Crippen LogP contribution in [0.15, 0.2) is 30.3 Å². The van der Waals surface area contributed by atoms with Crippen LogP contribution in [0, 0.1) is 5.41 Å². The number of likely N-dealkylation sites (tertiary alicyclic amines) is 1. The Morgan fingerprint density at radius 1 is 0.971 bits per heavy atom. The number of hydroxylamine groups is 2. The first-order valence-corrected chi connectivity index (χ1v) is 25.1. The standard InChI is InChI=1S/C50H75N3O16/c1-6-8-12-22-49(23-13-9-7-2)67-40-34-26-50(47(62)52-24-14-19-33(52)44(60)51-32(28-54)20-21-36(56)66-48(3,4)5)42(45(61)64-34)53(69-43(50)41(40)68-49)27-31-17-11-10-16-30(31)18-15-25-63-46-39(59)38(58)37(57)35(29-55)65-46/h10-11,15-18,32-35,37-43,46,54-55,57-59H,6-9,12-14,19-29H2,1-5H3,(H,51,60). The number of hydrogen-bond acceptors (Lipinski definition) is 17. The number of aliphatic hydroxyl groups is 5. The topological polar surface area (TPSA) is 253 Å². The first-order chi connectivity index (χ1) is 33.0.